The zero-order valence-electron chi connectivity index (χ0n) is 14.3. The molecule has 0 atom stereocenters. The van der Waals surface area contributed by atoms with E-state index >= 15 is 0 Å². The van der Waals surface area contributed by atoms with Crippen molar-refractivity contribution in [3.63, 3.8) is 0 Å². The van der Waals surface area contributed by atoms with Crippen molar-refractivity contribution in [1.82, 2.24) is 0 Å². The lowest BCUT2D eigenvalue weighted by molar-refractivity contribution is 0.0698. The fraction of sp³-hybridized carbons (Fsp3) is 0.0476. The third-order valence-corrected chi connectivity index (χ3v) is 4.02. The Kier molecular flexibility index (Phi) is 6.07. The Morgan fingerprint density at radius 1 is 1.04 bits per heavy atom. The average Bonchev–Trinajstić information content (AvgIpc) is 2.69. The number of nitrogens with zero attached hydrogens (tertiary/aromatic N) is 1. The monoisotopic (exact) mass is 380 g/mol. The zero-order chi connectivity index (χ0) is 19.1. The molecule has 0 spiro atoms. The Bertz CT molecular complexity index is 956. The minimum Gasteiger partial charge on any atom is -0.488 e. The average molecular weight is 381 g/mol. The molecule has 0 bridgehead atoms. The topological polar surface area (TPSA) is 70.9 Å². The van der Waals surface area contributed by atoms with Crippen molar-refractivity contribution in [1.29, 1.82) is 0 Å². The van der Waals surface area contributed by atoms with Crippen molar-refractivity contribution >= 4 is 29.5 Å². The number of halogens is 1. The SMILES string of the molecule is O=C(O)c1ccccc1N/N=C/c1ccccc1OCc1ccc(Cl)cc1. The summed E-state index contributed by atoms with van der Waals surface area (Å²) in [5, 5.41) is 14.0. The van der Waals surface area contributed by atoms with Gasteiger partial charge in [-0.1, -0.05) is 48.0 Å². The molecule has 0 aliphatic carbocycles. The smallest absolute Gasteiger partial charge is 0.337 e. The number of ether oxygens (including phenoxy) is 1. The van der Waals surface area contributed by atoms with Gasteiger partial charge in [-0.25, -0.2) is 4.79 Å². The molecule has 0 unspecified atom stereocenters. The van der Waals surface area contributed by atoms with Gasteiger partial charge in [0.1, 0.15) is 12.4 Å². The first-order chi connectivity index (χ1) is 13.1. The van der Waals surface area contributed by atoms with Gasteiger partial charge in [-0.3, -0.25) is 5.43 Å². The standard InChI is InChI=1S/C21H17ClN2O3/c22-17-11-9-15(10-12-17)14-27-20-8-4-1-5-16(20)13-23-24-19-7-3-2-6-18(19)21(25)26/h1-13,24H,14H2,(H,25,26)/b23-13+. The van der Waals surface area contributed by atoms with Crippen LogP contribution in [0.3, 0.4) is 0 Å². The number of hydrogen-bond acceptors (Lipinski definition) is 4. The van der Waals surface area contributed by atoms with Crippen LogP contribution in [0.5, 0.6) is 5.75 Å². The number of anilines is 1. The number of carboxylic acid groups (broad SMARTS) is 1. The largest absolute Gasteiger partial charge is 0.488 e. The highest BCUT2D eigenvalue weighted by atomic mass is 35.5. The van der Waals surface area contributed by atoms with E-state index in [1.807, 2.05) is 48.5 Å². The molecular formula is C21H17ClN2O3. The fourth-order valence-corrected chi connectivity index (χ4v) is 2.52. The van der Waals surface area contributed by atoms with Crippen LogP contribution in [0.1, 0.15) is 21.5 Å². The van der Waals surface area contributed by atoms with Gasteiger partial charge in [0.05, 0.1) is 17.5 Å². The van der Waals surface area contributed by atoms with Crippen LogP contribution in [0.15, 0.2) is 77.9 Å². The molecule has 0 aliphatic heterocycles. The number of nitrogens with one attached hydrogen (secondary N) is 1. The first kappa shape index (κ1) is 18.5. The van der Waals surface area contributed by atoms with Crippen molar-refractivity contribution in [2.75, 3.05) is 5.43 Å². The van der Waals surface area contributed by atoms with Crippen molar-refractivity contribution in [3.05, 3.63) is 94.5 Å². The molecule has 0 saturated heterocycles. The summed E-state index contributed by atoms with van der Waals surface area (Å²) >= 11 is 5.89. The van der Waals surface area contributed by atoms with E-state index < -0.39 is 5.97 Å². The highest BCUT2D eigenvalue weighted by molar-refractivity contribution is 6.30. The number of carbonyl (C=O) groups is 1. The summed E-state index contributed by atoms with van der Waals surface area (Å²) in [6.45, 7) is 0.400. The van der Waals surface area contributed by atoms with Crippen LogP contribution < -0.4 is 10.2 Å². The molecule has 27 heavy (non-hydrogen) atoms. The van der Waals surface area contributed by atoms with Crippen LogP contribution in [0.25, 0.3) is 0 Å². The molecule has 0 amide bonds. The molecule has 2 N–H and O–H groups in total. The Hall–Kier alpha value is -3.31. The predicted molar refractivity (Wildman–Crippen MR) is 107 cm³/mol. The molecule has 0 saturated carbocycles. The Morgan fingerprint density at radius 3 is 2.52 bits per heavy atom. The molecule has 3 aromatic rings. The van der Waals surface area contributed by atoms with E-state index in [4.69, 9.17) is 16.3 Å². The van der Waals surface area contributed by atoms with Gasteiger partial charge in [0.2, 0.25) is 0 Å². The van der Waals surface area contributed by atoms with Gasteiger partial charge in [-0.15, -0.1) is 0 Å². The number of aromatic carboxylic acids is 1. The summed E-state index contributed by atoms with van der Waals surface area (Å²) in [6, 6.07) is 21.5. The number of hydrazone groups is 1. The summed E-state index contributed by atoms with van der Waals surface area (Å²) in [6.07, 6.45) is 1.59. The van der Waals surface area contributed by atoms with Crippen molar-refractivity contribution in [3.8, 4) is 5.75 Å². The van der Waals surface area contributed by atoms with Crippen molar-refractivity contribution in [2.45, 2.75) is 6.61 Å². The predicted octanol–water partition coefficient (Wildman–Crippen LogP) is 5.06. The zero-order valence-corrected chi connectivity index (χ0v) is 15.1. The van der Waals surface area contributed by atoms with Crippen molar-refractivity contribution in [2.24, 2.45) is 5.10 Å². The van der Waals surface area contributed by atoms with Gasteiger partial charge in [0.25, 0.3) is 0 Å². The van der Waals surface area contributed by atoms with E-state index in [0.717, 1.165) is 11.1 Å². The van der Waals surface area contributed by atoms with E-state index in [-0.39, 0.29) is 5.56 Å². The Labute approximate surface area is 161 Å². The van der Waals surface area contributed by atoms with Crippen LogP contribution in [0, 0.1) is 0 Å². The minimum absolute atomic E-state index is 0.155. The van der Waals surface area contributed by atoms with Gasteiger partial charge in [-0.05, 0) is 42.0 Å². The summed E-state index contributed by atoms with van der Waals surface area (Å²) < 4.78 is 5.87. The van der Waals surface area contributed by atoms with Crippen LogP contribution in [0.2, 0.25) is 5.02 Å². The molecule has 5 nitrogen and oxygen atoms in total. The molecule has 0 radical (unpaired) electrons. The van der Waals surface area contributed by atoms with Crippen molar-refractivity contribution < 1.29 is 14.6 Å². The number of hydrogen-bond donors (Lipinski definition) is 2. The molecule has 3 aromatic carbocycles. The molecule has 0 heterocycles. The van der Waals surface area contributed by atoms with Crippen LogP contribution in [-0.2, 0) is 6.61 Å². The number of benzene rings is 3. The van der Waals surface area contributed by atoms with Gasteiger partial charge in [0.15, 0.2) is 0 Å². The second kappa shape index (κ2) is 8.87. The maximum atomic E-state index is 11.2. The lowest BCUT2D eigenvalue weighted by atomic mass is 10.2. The molecule has 6 heteroatoms. The Balaban J connectivity index is 1.69. The highest BCUT2D eigenvalue weighted by Gasteiger charge is 2.08. The van der Waals surface area contributed by atoms with Crippen LogP contribution in [-0.4, -0.2) is 17.3 Å². The molecule has 3 rings (SSSR count). The van der Waals surface area contributed by atoms with E-state index in [1.54, 1.807) is 24.4 Å². The lowest BCUT2D eigenvalue weighted by Gasteiger charge is -2.09. The van der Waals surface area contributed by atoms with Gasteiger partial charge in [0, 0.05) is 10.6 Å². The van der Waals surface area contributed by atoms with Crippen LogP contribution >= 0.6 is 11.6 Å². The first-order valence-electron chi connectivity index (χ1n) is 8.21. The summed E-state index contributed by atoms with van der Waals surface area (Å²) in [4.78, 5) is 11.2. The number of para-hydroxylation sites is 2. The molecular weight excluding hydrogens is 364 g/mol. The molecule has 0 fully saturated rings. The first-order valence-corrected chi connectivity index (χ1v) is 8.59. The second-order valence-corrected chi connectivity index (χ2v) is 6.11. The quantitative estimate of drug-likeness (QED) is 0.443. The van der Waals surface area contributed by atoms with E-state index in [9.17, 15) is 9.90 Å². The third-order valence-electron chi connectivity index (χ3n) is 3.77. The van der Waals surface area contributed by atoms with Crippen LogP contribution in [0.4, 0.5) is 5.69 Å². The summed E-state index contributed by atoms with van der Waals surface area (Å²) in [7, 11) is 0. The van der Waals surface area contributed by atoms with E-state index in [0.29, 0.717) is 23.1 Å². The summed E-state index contributed by atoms with van der Waals surface area (Å²) in [5.41, 5.74) is 5.11. The van der Waals surface area contributed by atoms with E-state index in [1.165, 1.54) is 6.07 Å². The Morgan fingerprint density at radius 2 is 1.74 bits per heavy atom. The maximum absolute atomic E-state index is 11.2. The maximum Gasteiger partial charge on any atom is 0.337 e. The van der Waals surface area contributed by atoms with E-state index in [2.05, 4.69) is 10.5 Å². The van der Waals surface area contributed by atoms with Gasteiger partial charge >= 0.3 is 5.97 Å². The minimum atomic E-state index is -1.01. The fourth-order valence-electron chi connectivity index (χ4n) is 2.40. The highest BCUT2D eigenvalue weighted by Crippen LogP contribution is 2.19. The lowest BCUT2D eigenvalue weighted by Crippen LogP contribution is -2.02. The number of rotatable bonds is 7. The molecule has 136 valence electrons. The number of carboxylic acids is 1. The third kappa shape index (κ3) is 5.09. The molecule has 0 aromatic heterocycles. The summed E-state index contributed by atoms with van der Waals surface area (Å²) in [5.74, 6) is -0.343. The second-order valence-electron chi connectivity index (χ2n) is 5.67. The van der Waals surface area contributed by atoms with Gasteiger partial charge in [-0.2, -0.15) is 5.10 Å². The molecule has 0 aliphatic rings. The van der Waals surface area contributed by atoms with Gasteiger partial charge < -0.3 is 9.84 Å². The normalized spacial score (nSPS) is 10.7.